The van der Waals surface area contributed by atoms with E-state index in [1.807, 2.05) is 18.0 Å². The number of nitrogens with one attached hydrogen (secondary N) is 1. The molecule has 0 aromatic heterocycles. The fourth-order valence-electron chi connectivity index (χ4n) is 2.83. The lowest BCUT2D eigenvalue weighted by molar-refractivity contribution is -0.129. The predicted octanol–water partition coefficient (Wildman–Crippen LogP) is 3.70. The average molecular weight is 385 g/mol. The normalized spacial score (nSPS) is 16.0. The summed E-state index contributed by atoms with van der Waals surface area (Å²) in [6, 6.07) is 6.22. The molecule has 0 unspecified atom stereocenters. The second-order valence-corrected chi connectivity index (χ2v) is 7.85. The van der Waals surface area contributed by atoms with Gasteiger partial charge in [-0.1, -0.05) is 15.9 Å². The number of nitrogens with zero attached hydrogens (tertiary/aromatic N) is 1. The van der Waals surface area contributed by atoms with E-state index in [0.29, 0.717) is 5.75 Å². The number of carbonyl (C=O) groups is 1. The maximum absolute atomic E-state index is 12.4. The summed E-state index contributed by atoms with van der Waals surface area (Å²) in [6.07, 6.45) is 3.52. The van der Waals surface area contributed by atoms with Gasteiger partial charge in [0.05, 0.1) is 5.75 Å². The zero-order chi connectivity index (χ0) is 15.9. The molecular weight excluding hydrogens is 360 g/mol. The molecule has 122 valence electrons. The standard InChI is InChI=1S/C17H25BrN2OS/c1-13-11-15(18)3-4-16(13)22-12-17(21)20-9-6-14(7-10-20)5-8-19-2/h3-4,11,14,19H,5-10,12H2,1-2H3. The molecule has 1 amide bonds. The first-order valence-electron chi connectivity index (χ1n) is 7.91. The lowest BCUT2D eigenvalue weighted by Gasteiger charge is -2.32. The number of thioether (sulfide) groups is 1. The molecule has 0 atom stereocenters. The van der Waals surface area contributed by atoms with Crippen LogP contribution in [0.3, 0.4) is 0 Å². The number of hydrogen-bond acceptors (Lipinski definition) is 3. The van der Waals surface area contributed by atoms with Crippen LogP contribution in [-0.2, 0) is 4.79 Å². The quantitative estimate of drug-likeness (QED) is 0.758. The summed E-state index contributed by atoms with van der Waals surface area (Å²) in [6.45, 7) is 5.02. The summed E-state index contributed by atoms with van der Waals surface area (Å²) in [5, 5.41) is 3.21. The lowest BCUT2D eigenvalue weighted by atomic mass is 9.93. The van der Waals surface area contributed by atoms with E-state index in [4.69, 9.17) is 0 Å². The highest BCUT2D eigenvalue weighted by atomic mass is 79.9. The lowest BCUT2D eigenvalue weighted by Crippen LogP contribution is -2.39. The van der Waals surface area contributed by atoms with Gasteiger partial charge in [0, 0.05) is 22.5 Å². The van der Waals surface area contributed by atoms with Gasteiger partial charge in [0.1, 0.15) is 0 Å². The van der Waals surface area contributed by atoms with Crippen LogP contribution in [-0.4, -0.2) is 43.2 Å². The number of halogens is 1. The molecule has 1 N–H and O–H groups in total. The van der Waals surface area contributed by atoms with E-state index in [9.17, 15) is 4.79 Å². The first kappa shape index (κ1) is 17.8. The SMILES string of the molecule is CNCCC1CCN(C(=O)CSc2ccc(Br)cc2C)CC1. The Morgan fingerprint density at radius 2 is 2.14 bits per heavy atom. The highest BCUT2D eigenvalue weighted by Crippen LogP contribution is 2.26. The number of carbonyl (C=O) groups excluding carboxylic acids is 1. The zero-order valence-electron chi connectivity index (χ0n) is 13.4. The van der Waals surface area contributed by atoms with Gasteiger partial charge in [0.15, 0.2) is 0 Å². The van der Waals surface area contributed by atoms with Crippen LogP contribution in [0, 0.1) is 12.8 Å². The van der Waals surface area contributed by atoms with Gasteiger partial charge in [-0.2, -0.15) is 0 Å². The Hall–Kier alpha value is -0.520. The number of amides is 1. The van der Waals surface area contributed by atoms with Gasteiger partial charge in [0.2, 0.25) is 5.91 Å². The van der Waals surface area contributed by atoms with Crippen LogP contribution in [0.15, 0.2) is 27.6 Å². The van der Waals surface area contributed by atoms with E-state index in [1.54, 1.807) is 11.8 Å². The van der Waals surface area contributed by atoms with Crippen LogP contribution in [0.5, 0.6) is 0 Å². The molecule has 0 bridgehead atoms. The van der Waals surface area contributed by atoms with Crippen molar-refractivity contribution in [2.45, 2.75) is 31.1 Å². The molecule has 1 saturated heterocycles. The van der Waals surface area contributed by atoms with Crippen LogP contribution >= 0.6 is 27.7 Å². The summed E-state index contributed by atoms with van der Waals surface area (Å²) in [5.74, 6) is 1.60. The zero-order valence-corrected chi connectivity index (χ0v) is 15.8. The summed E-state index contributed by atoms with van der Waals surface area (Å²) in [4.78, 5) is 15.6. The second-order valence-electron chi connectivity index (χ2n) is 5.91. The summed E-state index contributed by atoms with van der Waals surface area (Å²) in [5.41, 5.74) is 1.22. The minimum absolute atomic E-state index is 0.277. The van der Waals surface area contributed by atoms with Gasteiger partial charge in [-0.15, -0.1) is 11.8 Å². The highest BCUT2D eigenvalue weighted by Gasteiger charge is 2.22. The summed E-state index contributed by atoms with van der Waals surface area (Å²) in [7, 11) is 2.00. The number of piperidine rings is 1. The van der Waals surface area contributed by atoms with Crippen molar-refractivity contribution in [1.82, 2.24) is 10.2 Å². The summed E-state index contributed by atoms with van der Waals surface area (Å²) < 4.78 is 1.09. The second kappa shape index (κ2) is 8.94. The molecule has 1 fully saturated rings. The minimum Gasteiger partial charge on any atom is -0.342 e. The van der Waals surface area contributed by atoms with Crippen molar-refractivity contribution in [3.05, 3.63) is 28.2 Å². The maximum Gasteiger partial charge on any atom is 0.232 e. The van der Waals surface area contributed by atoms with Gasteiger partial charge in [0.25, 0.3) is 0 Å². The Balaban J connectivity index is 1.76. The van der Waals surface area contributed by atoms with Crippen molar-refractivity contribution >= 4 is 33.6 Å². The van der Waals surface area contributed by atoms with Crippen molar-refractivity contribution in [1.29, 1.82) is 0 Å². The minimum atomic E-state index is 0.277. The van der Waals surface area contributed by atoms with E-state index >= 15 is 0 Å². The van der Waals surface area contributed by atoms with Gasteiger partial charge < -0.3 is 10.2 Å². The van der Waals surface area contributed by atoms with Crippen LogP contribution in [0.2, 0.25) is 0 Å². The van der Waals surface area contributed by atoms with E-state index in [-0.39, 0.29) is 5.91 Å². The number of benzene rings is 1. The Kier molecular flexibility index (Phi) is 7.25. The van der Waals surface area contributed by atoms with Gasteiger partial charge in [-0.05, 0) is 69.5 Å². The molecule has 3 nitrogen and oxygen atoms in total. The first-order valence-corrected chi connectivity index (χ1v) is 9.69. The molecule has 22 heavy (non-hydrogen) atoms. The van der Waals surface area contributed by atoms with Crippen molar-refractivity contribution < 1.29 is 4.79 Å². The third kappa shape index (κ3) is 5.28. The molecule has 5 heteroatoms. The number of likely N-dealkylation sites (tertiary alicyclic amines) is 1. The molecule has 0 spiro atoms. The van der Waals surface area contributed by atoms with Crippen molar-refractivity contribution in [3.63, 3.8) is 0 Å². The van der Waals surface area contributed by atoms with Crippen LogP contribution in [0.4, 0.5) is 0 Å². The van der Waals surface area contributed by atoms with Crippen LogP contribution < -0.4 is 5.32 Å². The van der Waals surface area contributed by atoms with Gasteiger partial charge >= 0.3 is 0 Å². The van der Waals surface area contributed by atoms with Crippen molar-refractivity contribution in [2.24, 2.45) is 5.92 Å². The average Bonchev–Trinajstić information content (AvgIpc) is 2.52. The largest absolute Gasteiger partial charge is 0.342 e. The van der Waals surface area contributed by atoms with Crippen LogP contribution in [0.1, 0.15) is 24.8 Å². The first-order chi connectivity index (χ1) is 10.6. The predicted molar refractivity (Wildman–Crippen MR) is 97.5 cm³/mol. The molecule has 2 rings (SSSR count). The smallest absolute Gasteiger partial charge is 0.232 e. The fourth-order valence-corrected chi connectivity index (χ4v) is 4.21. The fraction of sp³-hybridized carbons (Fsp3) is 0.588. The van der Waals surface area contributed by atoms with Crippen molar-refractivity contribution in [2.75, 3.05) is 32.4 Å². The van der Waals surface area contributed by atoms with E-state index in [0.717, 1.165) is 42.9 Å². The molecule has 1 aliphatic rings. The van der Waals surface area contributed by atoms with Crippen LogP contribution in [0.25, 0.3) is 0 Å². The molecule has 0 radical (unpaired) electrons. The highest BCUT2D eigenvalue weighted by molar-refractivity contribution is 9.10. The molecule has 1 aromatic rings. The molecule has 0 aliphatic carbocycles. The molecule has 0 saturated carbocycles. The Labute approximate surface area is 146 Å². The van der Waals surface area contributed by atoms with E-state index in [2.05, 4.69) is 40.3 Å². The third-order valence-corrected chi connectivity index (χ3v) is 5.91. The Morgan fingerprint density at radius 3 is 2.77 bits per heavy atom. The van der Waals surface area contributed by atoms with Gasteiger partial charge in [-0.3, -0.25) is 4.79 Å². The molecule has 1 aliphatic heterocycles. The maximum atomic E-state index is 12.4. The Bertz CT molecular complexity index is 501. The van der Waals surface area contributed by atoms with Crippen molar-refractivity contribution in [3.8, 4) is 0 Å². The third-order valence-electron chi connectivity index (χ3n) is 4.26. The number of aryl methyl sites for hydroxylation is 1. The topological polar surface area (TPSA) is 32.3 Å². The Morgan fingerprint density at radius 1 is 1.41 bits per heavy atom. The number of hydrogen-bond donors (Lipinski definition) is 1. The monoisotopic (exact) mass is 384 g/mol. The molecule has 1 aromatic carbocycles. The molecule has 1 heterocycles. The van der Waals surface area contributed by atoms with Gasteiger partial charge in [-0.25, -0.2) is 0 Å². The molecular formula is C17H25BrN2OS. The summed E-state index contributed by atoms with van der Waals surface area (Å²) >= 11 is 5.12. The van der Waals surface area contributed by atoms with E-state index < -0.39 is 0 Å². The number of rotatable bonds is 6. The van der Waals surface area contributed by atoms with E-state index in [1.165, 1.54) is 16.9 Å².